The van der Waals surface area contributed by atoms with Crippen molar-refractivity contribution in [2.75, 3.05) is 19.0 Å². The highest BCUT2D eigenvalue weighted by atomic mass is 16.5. The first-order chi connectivity index (χ1) is 14.0. The van der Waals surface area contributed by atoms with E-state index in [0.717, 1.165) is 22.6 Å². The van der Waals surface area contributed by atoms with E-state index in [2.05, 4.69) is 10.4 Å². The minimum absolute atomic E-state index is 0.0559. The predicted molar refractivity (Wildman–Crippen MR) is 109 cm³/mol. The Labute approximate surface area is 169 Å². The molecule has 0 spiro atoms. The first-order valence-corrected chi connectivity index (χ1v) is 9.18. The van der Waals surface area contributed by atoms with Crippen molar-refractivity contribution >= 4 is 17.6 Å². The molecule has 0 atom stereocenters. The summed E-state index contributed by atoms with van der Waals surface area (Å²) in [7, 11) is 1.57. The number of hydrogen-bond acceptors (Lipinski definition) is 5. The third-order valence-electron chi connectivity index (χ3n) is 4.50. The SMILES string of the molecule is COc1ccc(NC(=O)COC(=O)Cc2c(C)nn(-c3ccccc3)c2C)cc1. The van der Waals surface area contributed by atoms with Crippen LogP contribution in [0.1, 0.15) is 17.0 Å². The van der Waals surface area contributed by atoms with E-state index in [4.69, 9.17) is 9.47 Å². The molecule has 7 heteroatoms. The quantitative estimate of drug-likeness (QED) is 0.623. The van der Waals surface area contributed by atoms with E-state index >= 15 is 0 Å². The number of carbonyl (C=O) groups excluding carboxylic acids is 2. The van der Waals surface area contributed by atoms with Gasteiger partial charge in [0.1, 0.15) is 5.75 Å². The zero-order valence-electron chi connectivity index (χ0n) is 16.6. The van der Waals surface area contributed by atoms with Crippen LogP contribution in [-0.4, -0.2) is 35.4 Å². The number of para-hydroxylation sites is 1. The van der Waals surface area contributed by atoms with Crippen LogP contribution in [0, 0.1) is 13.8 Å². The molecule has 0 aliphatic heterocycles. The van der Waals surface area contributed by atoms with Gasteiger partial charge in [0.25, 0.3) is 5.91 Å². The molecule has 3 aromatic rings. The lowest BCUT2D eigenvalue weighted by atomic mass is 10.1. The molecule has 0 bridgehead atoms. The minimum Gasteiger partial charge on any atom is -0.497 e. The van der Waals surface area contributed by atoms with Crippen molar-refractivity contribution in [2.24, 2.45) is 0 Å². The first-order valence-electron chi connectivity index (χ1n) is 9.18. The molecule has 0 fully saturated rings. The number of nitrogens with one attached hydrogen (secondary N) is 1. The monoisotopic (exact) mass is 393 g/mol. The molecule has 0 saturated heterocycles. The maximum absolute atomic E-state index is 12.2. The van der Waals surface area contributed by atoms with Gasteiger partial charge in [-0.15, -0.1) is 0 Å². The molecular formula is C22H23N3O4. The topological polar surface area (TPSA) is 82.4 Å². The highest BCUT2D eigenvalue weighted by Crippen LogP contribution is 2.19. The molecule has 0 aliphatic carbocycles. The Morgan fingerprint density at radius 1 is 1.03 bits per heavy atom. The number of rotatable bonds is 7. The van der Waals surface area contributed by atoms with Crippen LogP contribution in [0.15, 0.2) is 54.6 Å². The summed E-state index contributed by atoms with van der Waals surface area (Å²) in [5.41, 5.74) is 3.95. The van der Waals surface area contributed by atoms with Crippen LogP contribution in [0.2, 0.25) is 0 Å². The van der Waals surface area contributed by atoms with Gasteiger partial charge in [-0.1, -0.05) is 18.2 Å². The largest absolute Gasteiger partial charge is 0.497 e. The van der Waals surface area contributed by atoms with Gasteiger partial charge >= 0.3 is 5.97 Å². The lowest BCUT2D eigenvalue weighted by molar-refractivity contribution is -0.146. The summed E-state index contributed by atoms with van der Waals surface area (Å²) in [6.07, 6.45) is 0.0559. The predicted octanol–water partition coefficient (Wildman–Crippen LogP) is 3.22. The fourth-order valence-electron chi connectivity index (χ4n) is 2.96. The van der Waals surface area contributed by atoms with Crippen LogP contribution in [0.25, 0.3) is 5.69 Å². The lowest BCUT2D eigenvalue weighted by Gasteiger charge is -2.08. The molecule has 0 saturated carbocycles. The van der Waals surface area contributed by atoms with Crippen molar-refractivity contribution in [2.45, 2.75) is 20.3 Å². The molecule has 1 amide bonds. The third-order valence-corrected chi connectivity index (χ3v) is 4.50. The highest BCUT2D eigenvalue weighted by Gasteiger charge is 2.17. The second-order valence-electron chi connectivity index (χ2n) is 6.51. The number of amides is 1. The normalized spacial score (nSPS) is 10.4. The second kappa shape index (κ2) is 9.05. The first kappa shape index (κ1) is 20.1. The van der Waals surface area contributed by atoms with E-state index in [0.29, 0.717) is 11.4 Å². The zero-order valence-corrected chi connectivity index (χ0v) is 16.6. The number of hydrogen-bond donors (Lipinski definition) is 1. The molecule has 1 aromatic heterocycles. The Morgan fingerprint density at radius 3 is 2.38 bits per heavy atom. The fraction of sp³-hybridized carbons (Fsp3) is 0.227. The van der Waals surface area contributed by atoms with Crippen LogP contribution in [-0.2, 0) is 20.7 Å². The Hall–Kier alpha value is -3.61. The minimum atomic E-state index is -0.478. The Balaban J connectivity index is 1.56. The highest BCUT2D eigenvalue weighted by molar-refractivity contribution is 5.92. The van der Waals surface area contributed by atoms with Gasteiger partial charge in [-0.2, -0.15) is 5.10 Å². The zero-order chi connectivity index (χ0) is 20.8. The van der Waals surface area contributed by atoms with Crippen LogP contribution >= 0.6 is 0 Å². The van der Waals surface area contributed by atoms with Gasteiger partial charge in [-0.3, -0.25) is 9.59 Å². The molecule has 29 heavy (non-hydrogen) atoms. The van der Waals surface area contributed by atoms with Crippen LogP contribution in [0.3, 0.4) is 0 Å². The van der Waals surface area contributed by atoms with Gasteiger partial charge in [-0.05, 0) is 50.2 Å². The van der Waals surface area contributed by atoms with Crippen molar-refractivity contribution in [3.63, 3.8) is 0 Å². The number of anilines is 1. The lowest BCUT2D eigenvalue weighted by Crippen LogP contribution is -2.21. The number of methoxy groups -OCH3 is 1. The standard InChI is InChI=1S/C22H23N3O4/c1-15-20(16(2)25(24-15)18-7-5-4-6-8-18)13-22(27)29-14-21(26)23-17-9-11-19(28-3)12-10-17/h4-12H,13-14H2,1-3H3,(H,23,26). The second-order valence-corrected chi connectivity index (χ2v) is 6.51. The number of aromatic nitrogens is 2. The Kier molecular flexibility index (Phi) is 6.29. The summed E-state index contributed by atoms with van der Waals surface area (Å²) >= 11 is 0. The van der Waals surface area contributed by atoms with E-state index in [1.54, 1.807) is 36.1 Å². The molecule has 0 aliphatic rings. The number of carbonyl (C=O) groups is 2. The summed E-state index contributed by atoms with van der Waals surface area (Å²) in [4.78, 5) is 24.3. The van der Waals surface area contributed by atoms with Gasteiger partial charge in [0.05, 0.1) is 24.9 Å². The summed E-state index contributed by atoms with van der Waals surface area (Å²) in [6.45, 7) is 3.41. The smallest absolute Gasteiger partial charge is 0.310 e. The molecular weight excluding hydrogens is 370 g/mol. The van der Waals surface area contributed by atoms with E-state index in [1.165, 1.54) is 0 Å². The van der Waals surface area contributed by atoms with Crippen LogP contribution < -0.4 is 10.1 Å². The van der Waals surface area contributed by atoms with E-state index in [-0.39, 0.29) is 13.0 Å². The summed E-state index contributed by atoms with van der Waals surface area (Å²) in [5.74, 6) is -0.193. The molecule has 1 N–H and O–H groups in total. The van der Waals surface area contributed by atoms with Gasteiger partial charge < -0.3 is 14.8 Å². The number of nitrogens with zero attached hydrogens (tertiary/aromatic N) is 2. The summed E-state index contributed by atoms with van der Waals surface area (Å²) in [5, 5.41) is 7.19. The summed E-state index contributed by atoms with van der Waals surface area (Å²) < 4.78 is 12.0. The van der Waals surface area contributed by atoms with Crippen molar-refractivity contribution in [3.8, 4) is 11.4 Å². The van der Waals surface area contributed by atoms with Gasteiger partial charge in [0.2, 0.25) is 0 Å². The van der Waals surface area contributed by atoms with Gasteiger partial charge in [-0.25, -0.2) is 4.68 Å². The van der Waals surface area contributed by atoms with E-state index in [1.807, 2.05) is 44.2 Å². The maximum atomic E-state index is 12.2. The van der Waals surface area contributed by atoms with Crippen LogP contribution in [0.4, 0.5) is 5.69 Å². The molecule has 1 heterocycles. The van der Waals surface area contributed by atoms with Crippen molar-refractivity contribution in [3.05, 3.63) is 71.5 Å². The molecule has 2 aromatic carbocycles. The molecule has 7 nitrogen and oxygen atoms in total. The maximum Gasteiger partial charge on any atom is 0.310 e. The number of benzene rings is 2. The average Bonchev–Trinajstić information content (AvgIpc) is 3.02. The average molecular weight is 393 g/mol. The summed E-state index contributed by atoms with van der Waals surface area (Å²) in [6, 6.07) is 16.6. The fourth-order valence-corrected chi connectivity index (χ4v) is 2.96. The number of aryl methyl sites for hydroxylation is 1. The van der Waals surface area contributed by atoms with Crippen molar-refractivity contribution < 1.29 is 19.1 Å². The molecule has 150 valence electrons. The van der Waals surface area contributed by atoms with E-state index in [9.17, 15) is 9.59 Å². The third kappa shape index (κ3) is 5.01. The van der Waals surface area contributed by atoms with Crippen molar-refractivity contribution in [1.82, 2.24) is 9.78 Å². The van der Waals surface area contributed by atoms with E-state index < -0.39 is 11.9 Å². The molecule has 0 unspecified atom stereocenters. The molecule has 0 radical (unpaired) electrons. The van der Waals surface area contributed by atoms with Crippen LogP contribution in [0.5, 0.6) is 5.75 Å². The number of esters is 1. The number of ether oxygens (including phenoxy) is 2. The van der Waals surface area contributed by atoms with Crippen molar-refractivity contribution in [1.29, 1.82) is 0 Å². The van der Waals surface area contributed by atoms with Gasteiger partial charge in [0.15, 0.2) is 6.61 Å². The Morgan fingerprint density at radius 2 is 1.72 bits per heavy atom. The Bertz CT molecular complexity index is 995. The molecule has 3 rings (SSSR count). The van der Waals surface area contributed by atoms with Gasteiger partial charge in [0, 0.05) is 16.9 Å².